The zero-order valence-electron chi connectivity index (χ0n) is 23.5. The van der Waals surface area contributed by atoms with Crippen LogP contribution in [0.4, 0.5) is 5.69 Å². The van der Waals surface area contributed by atoms with E-state index in [1.165, 1.54) is 11.3 Å². The Morgan fingerprint density at radius 1 is 0.925 bits per heavy atom. The molecule has 5 rings (SSSR count). The second kappa shape index (κ2) is 14.0. The maximum Gasteiger partial charge on any atom is 0.220 e. The molecule has 3 aromatic carbocycles. The molecule has 0 bridgehead atoms. The minimum atomic E-state index is 0.0971. The number of amides is 1. The highest BCUT2D eigenvalue weighted by molar-refractivity contribution is 6.31. The van der Waals surface area contributed by atoms with Gasteiger partial charge in [0.15, 0.2) is 0 Å². The van der Waals surface area contributed by atoms with E-state index in [9.17, 15) is 4.79 Å². The van der Waals surface area contributed by atoms with Crippen LogP contribution in [0.1, 0.15) is 30.4 Å². The maximum absolute atomic E-state index is 12.9. The van der Waals surface area contributed by atoms with Crippen LogP contribution in [0.5, 0.6) is 5.75 Å². The van der Waals surface area contributed by atoms with Crippen molar-refractivity contribution in [3.63, 3.8) is 0 Å². The third-order valence-electron chi connectivity index (χ3n) is 8.41. The predicted octanol–water partition coefficient (Wildman–Crippen LogP) is 5.46. The molecular weight excluding hydrogens is 520 g/mol. The molecule has 0 radical (unpaired) electrons. The third-order valence-corrected chi connectivity index (χ3v) is 8.78. The minimum absolute atomic E-state index is 0.0971. The first kappa shape index (κ1) is 28.5. The zero-order chi connectivity index (χ0) is 27.7. The van der Waals surface area contributed by atoms with Crippen LogP contribution in [0.2, 0.25) is 5.02 Å². The average molecular weight is 561 g/mol. The summed E-state index contributed by atoms with van der Waals surface area (Å²) < 4.78 is 5.62. The highest BCUT2D eigenvalue weighted by atomic mass is 35.5. The molecule has 2 aliphatic rings. The van der Waals surface area contributed by atoms with Crippen molar-refractivity contribution in [3.05, 3.63) is 95.0 Å². The molecule has 0 spiro atoms. The molecule has 7 heteroatoms. The van der Waals surface area contributed by atoms with Gasteiger partial charge in [0.2, 0.25) is 5.91 Å². The summed E-state index contributed by atoms with van der Waals surface area (Å²) in [5, 5.41) is 3.78. The molecule has 1 N–H and O–H groups in total. The zero-order valence-corrected chi connectivity index (χ0v) is 24.2. The Labute approximate surface area is 243 Å². The second-order valence-corrected chi connectivity index (χ2v) is 11.3. The van der Waals surface area contributed by atoms with Crippen LogP contribution in [0.25, 0.3) is 0 Å². The first-order chi connectivity index (χ1) is 19.6. The lowest BCUT2D eigenvalue weighted by Crippen LogP contribution is -2.56. The van der Waals surface area contributed by atoms with Gasteiger partial charge in [-0.2, -0.15) is 0 Å². The average Bonchev–Trinajstić information content (AvgIpc) is 3.00. The molecular formula is C33H41ClN4O2. The smallest absolute Gasteiger partial charge is 0.220 e. The molecule has 1 amide bonds. The number of ether oxygens (including phenoxy) is 1. The number of rotatable bonds is 10. The van der Waals surface area contributed by atoms with Gasteiger partial charge in [-0.1, -0.05) is 72.3 Å². The number of hydrogen-bond acceptors (Lipinski definition) is 5. The van der Waals surface area contributed by atoms with Gasteiger partial charge in [-0.25, -0.2) is 0 Å². The Morgan fingerprint density at radius 3 is 2.42 bits per heavy atom. The van der Waals surface area contributed by atoms with E-state index >= 15 is 0 Å². The van der Waals surface area contributed by atoms with Crippen molar-refractivity contribution >= 4 is 23.2 Å². The third kappa shape index (κ3) is 7.36. The van der Waals surface area contributed by atoms with Gasteiger partial charge in [-0.15, -0.1) is 0 Å². The molecule has 0 saturated carbocycles. The number of piperazine rings is 1. The number of hydrogen-bond donors (Lipinski definition) is 1. The fourth-order valence-electron chi connectivity index (χ4n) is 6.27. The number of para-hydroxylation sites is 2. The van der Waals surface area contributed by atoms with Crippen LogP contribution in [-0.4, -0.2) is 68.1 Å². The first-order valence-electron chi connectivity index (χ1n) is 14.5. The van der Waals surface area contributed by atoms with Crippen molar-refractivity contribution in [1.82, 2.24) is 15.1 Å². The molecule has 3 aromatic rings. The predicted molar refractivity (Wildman–Crippen MR) is 163 cm³/mol. The quantitative estimate of drug-likeness (QED) is 0.357. The summed E-state index contributed by atoms with van der Waals surface area (Å²) in [6.45, 7) is 7.55. The molecule has 2 heterocycles. The molecule has 0 aromatic heterocycles. The SMILES string of the molecule is COc1ccccc1N1CCN([C@@H]2CCN(Cc3ccccc3)C[C@@H]2CCC(=O)NCc2ccccc2Cl)CC1. The summed E-state index contributed by atoms with van der Waals surface area (Å²) in [6, 6.07) is 27.2. The van der Waals surface area contributed by atoms with Crippen molar-refractivity contribution < 1.29 is 9.53 Å². The van der Waals surface area contributed by atoms with E-state index in [1.807, 2.05) is 36.4 Å². The van der Waals surface area contributed by atoms with E-state index in [0.717, 1.165) is 70.0 Å². The summed E-state index contributed by atoms with van der Waals surface area (Å²) in [5.41, 5.74) is 3.48. The number of likely N-dealkylation sites (tertiary alicyclic amines) is 1. The van der Waals surface area contributed by atoms with Gasteiger partial charge in [-0.3, -0.25) is 14.6 Å². The highest BCUT2D eigenvalue weighted by Crippen LogP contribution is 2.32. The lowest BCUT2D eigenvalue weighted by atomic mass is 9.86. The van der Waals surface area contributed by atoms with Crippen LogP contribution < -0.4 is 15.0 Å². The van der Waals surface area contributed by atoms with Crippen molar-refractivity contribution in [1.29, 1.82) is 0 Å². The second-order valence-electron chi connectivity index (χ2n) is 10.9. The number of methoxy groups -OCH3 is 1. The molecule has 0 aliphatic carbocycles. The first-order valence-corrected chi connectivity index (χ1v) is 14.9. The largest absolute Gasteiger partial charge is 0.495 e. The van der Waals surface area contributed by atoms with Gasteiger partial charge in [0, 0.05) is 63.3 Å². The number of anilines is 1. The van der Waals surface area contributed by atoms with Crippen LogP contribution in [0.15, 0.2) is 78.9 Å². The summed E-state index contributed by atoms with van der Waals surface area (Å²) in [4.78, 5) is 20.6. The van der Waals surface area contributed by atoms with Crippen molar-refractivity contribution in [2.75, 3.05) is 51.3 Å². The van der Waals surface area contributed by atoms with Crippen molar-refractivity contribution in [2.24, 2.45) is 5.92 Å². The summed E-state index contributed by atoms with van der Waals surface area (Å²) in [6.07, 6.45) is 2.55. The Hall–Kier alpha value is -3.06. The lowest BCUT2D eigenvalue weighted by molar-refractivity contribution is -0.121. The molecule has 40 heavy (non-hydrogen) atoms. The van der Waals surface area contributed by atoms with Crippen LogP contribution >= 0.6 is 11.6 Å². The van der Waals surface area contributed by atoms with Crippen LogP contribution in [-0.2, 0) is 17.9 Å². The van der Waals surface area contributed by atoms with Crippen LogP contribution in [0, 0.1) is 5.92 Å². The van der Waals surface area contributed by atoms with Crippen molar-refractivity contribution in [3.8, 4) is 5.75 Å². The summed E-state index contributed by atoms with van der Waals surface area (Å²) in [7, 11) is 1.74. The van der Waals surface area contributed by atoms with Crippen molar-refractivity contribution in [2.45, 2.75) is 38.4 Å². The Bertz CT molecular complexity index is 1230. The molecule has 6 nitrogen and oxygen atoms in total. The topological polar surface area (TPSA) is 48.1 Å². The van der Waals surface area contributed by atoms with E-state index in [2.05, 4.69) is 62.5 Å². The highest BCUT2D eigenvalue weighted by Gasteiger charge is 2.35. The molecule has 2 aliphatic heterocycles. The summed E-state index contributed by atoms with van der Waals surface area (Å²) in [5.74, 6) is 1.48. The molecule has 0 unspecified atom stereocenters. The fourth-order valence-corrected chi connectivity index (χ4v) is 6.47. The molecule has 2 fully saturated rings. The minimum Gasteiger partial charge on any atom is -0.495 e. The number of nitrogens with zero attached hydrogens (tertiary/aromatic N) is 3. The Balaban J connectivity index is 1.20. The number of nitrogens with one attached hydrogen (secondary N) is 1. The molecule has 2 atom stereocenters. The number of piperidine rings is 1. The normalized spacial score (nSPS) is 20.3. The number of halogens is 1. The number of carbonyl (C=O) groups excluding carboxylic acids is 1. The van der Waals surface area contributed by atoms with Gasteiger partial charge in [0.05, 0.1) is 12.8 Å². The Kier molecular flexibility index (Phi) is 9.98. The van der Waals surface area contributed by atoms with Crippen LogP contribution in [0.3, 0.4) is 0 Å². The van der Waals surface area contributed by atoms with E-state index in [0.29, 0.717) is 29.9 Å². The van der Waals surface area contributed by atoms with Gasteiger partial charge in [-0.05, 0) is 54.6 Å². The van der Waals surface area contributed by atoms with Gasteiger partial charge < -0.3 is 15.0 Å². The monoisotopic (exact) mass is 560 g/mol. The number of carbonyl (C=O) groups is 1. The molecule has 212 valence electrons. The van der Waals surface area contributed by atoms with Gasteiger partial charge in [0.1, 0.15) is 5.75 Å². The van der Waals surface area contributed by atoms with E-state index in [-0.39, 0.29) is 5.91 Å². The van der Waals surface area contributed by atoms with E-state index in [4.69, 9.17) is 16.3 Å². The van der Waals surface area contributed by atoms with Gasteiger partial charge in [0.25, 0.3) is 0 Å². The Morgan fingerprint density at radius 2 is 1.65 bits per heavy atom. The summed E-state index contributed by atoms with van der Waals surface area (Å²) >= 11 is 6.29. The molecule has 2 saturated heterocycles. The number of benzene rings is 3. The van der Waals surface area contributed by atoms with E-state index < -0.39 is 0 Å². The maximum atomic E-state index is 12.9. The van der Waals surface area contributed by atoms with Gasteiger partial charge >= 0.3 is 0 Å². The lowest BCUT2D eigenvalue weighted by Gasteiger charge is -2.47. The standard InChI is InChI=1S/C33H41ClN4O2/c1-40-32-14-8-7-13-31(32)38-21-19-37(20-22-38)30-17-18-36(24-26-9-3-2-4-10-26)25-28(30)15-16-33(39)35-23-27-11-5-6-12-29(27)34/h2-14,28,30H,15-25H2,1H3,(H,35,39)/t28-,30+/m0/s1. The van der Waals surface area contributed by atoms with E-state index in [1.54, 1.807) is 7.11 Å². The fraction of sp³-hybridized carbons (Fsp3) is 0.424.